The molecule has 0 heterocycles. The van der Waals surface area contributed by atoms with Crippen molar-refractivity contribution in [3.8, 4) is 5.75 Å². The first-order valence-corrected chi connectivity index (χ1v) is 13.8. The first-order valence-electron chi connectivity index (χ1n) is 12.7. The third-order valence-electron chi connectivity index (χ3n) is 6.71. The third-order valence-corrected chi connectivity index (χ3v) is 7.38. The second-order valence-corrected chi connectivity index (χ2v) is 10.9. The highest BCUT2D eigenvalue weighted by Crippen LogP contribution is 2.25. The molecule has 0 aromatic heterocycles. The number of carbonyl (C=O) groups excluding carboxylic acids is 1. The number of fused-ring (bicyclic) bond motifs is 1. The Labute approximate surface area is 240 Å². The van der Waals surface area contributed by atoms with Crippen LogP contribution in [-0.2, 0) is 17.8 Å². The Balaban J connectivity index is 1.48. The van der Waals surface area contributed by atoms with Crippen LogP contribution in [0.25, 0.3) is 10.8 Å². The molecule has 0 saturated heterocycles. The number of hydrogen-bond donors (Lipinski definition) is 3. The molecule has 0 spiro atoms. The molecule has 4 aromatic rings. The zero-order chi connectivity index (χ0) is 27.9. The molecule has 4 aromatic carbocycles. The van der Waals surface area contributed by atoms with Crippen molar-refractivity contribution in [2.24, 2.45) is 0 Å². The van der Waals surface area contributed by atoms with E-state index in [2.05, 4.69) is 33.2 Å². The van der Waals surface area contributed by atoms with Gasteiger partial charge in [-0.1, -0.05) is 36.4 Å². The van der Waals surface area contributed by atoms with Crippen LogP contribution in [0.15, 0.2) is 78.9 Å². The van der Waals surface area contributed by atoms with E-state index in [0.717, 1.165) is 37.3 Å². The molecule has 4 rings (SSSR count). The molecule has 3 N–H and O–H groups in total. The summed E-state index contributed by atoms with van der Waals surface area (Å²) in [7, 11) is 1.61. The smallest absolute Gasteiger partial charge is 0.227 e. The van der Waals surface area contributed by atoms with Crippen molar-refractivity contribution in [2.75, 3.05) is 13.7 Å². The van der Waals surface area contributed by atoms with Crippen LogP contribution in [0.2, 0.25) is 0 Å². The molecule has 8 heteroatoms. The summed E-state index contributed by atoms with van der Waals surface area (Å²) in [5, 5.41) is 19.2. The average molecular weight is 645 g/mol. The lowest BCUT2D eigenvalue weighted by Crippen LogP contribution is -2.49. The van der Waals surface area contributed by atoms with Gasteiger partial charge < -0.3 is 20.5 Å². The minimum Gasteiger partial charge on any atom is -0.497 e. The minimum absolute atomic E-state index is 0.0662. The van der Waals surface area contributed by atoms with E-state index < -0.39 is 29.7 Å². The molecule has 3 atom stereocenters. The topological polar surface area (TPSA) is 70.6 Å². The van der Waals surface area contributed by atoms with E-state index in [1.165, 1.54) is 12.1 Å². The fourth-order valence-corrected chi connectivity index (χ4v) is 5.12. The monoisotopic (exact) mass is 644 g/mol. The van der Waals surface area contributed by atoms with Crippen molar-refractivity contribution in [3.05, 3.63) is 111 Å². The lowest BCUT2D eigenvalue weighted by molar-refractivity contribution is -0.123. The number of ether oxygens (including phenoxy) is 1. The Morgan fingerprint density at radius 3 is 2.38 bits per heavy atom. The number of nitrogens with one attached hydrogen (secondary N) is 2. The molecule has 1 amide bonds. The van der Waals surface area contributed by atoms with Gasteiger partial charge in [0, 0.05) is 22.7 Å². The molecule has 0 aliphatic rings. The summed E-state index contributed by atoms with van der Waals surface area (Å²) in [6, 6.07) is 22.0. The Bertz CT molecular complexity index is 1430. The second kappa shape index (κ2) is 13.3. The van der Waals surface area contributed by atoms with Crippen LogP contribution in [0, 0.1) is 15.2 Å². The van der Waals surface area contributed by atoms with Gasteiger partial charge in [-0.05, 0) is 99.8 Å². The molecule has 0 fully saturated rings. The normalized spacial score (nSPS) is 13.6. The van der Waals surface area contributed by atoms with Crippen LogP contribution < -0.4 is 15.4 Å². The van der Waals surface area contributed by atoms with Crippen molar-refractivity contribution >= 4 is 39.3 Å². The number of aliphatic hydroxyl groups is 1. The molecule has 204 valence electrons. The van der Waals surface area contributed by atoms with Gasteiger partial charge in [-0.15, -0.1) is 0 Å². The highest BCUT2D eigenvalue weighted by Gasteiger charge is 2.25. The molecule has 0 saturated carbocycles. The summed E-state index contributed by atoms with van der Waals surface area (Å²) < 4.78 is 34.1. The maximum absolute atomic E-state index is 13.9. The number of carbonyl (C=O) groups is 1. The van der Waals surface area contributed by atoms with Gasteiger partial charge in [0.05, 0.1) is 25.2 Å². The summed E-state index contributed by atoms with van der Waals surface area (Å²) in [5.41, 5.74) is 2.22. The van der Waals surface area contributed by atoms with Crippen LogP contribution in [-0.4, -0.2) is 36.8 Å². The molecular formula is C31H31F2IN2O3. The predicted octanol–water partition coefficient (Wildman–Crippen LogP) is 5.71. The number of benzene rings is 4. The zero-order valence-electron chi connectivity index (χ0n) is 21.8. The average Bonchev–Trinajstić information content (AvgIpc) is 2.91. The highest BCUT2D eigenvalue weighted by molar-refractivity contribution is 14.1. The molecule has 0 aliphatic carbocycles. The lowest BCUT2D eigenvalue weighted by atomic mass is 9.95. The summed E-state index contributed by atoms with van der Waals surface area (Å²) in [5.74, 6) is -1.47. The number of halogens is 3. The van der Waals surface area contributed by atoms with E-state index in [1.54, 1.807) is 14.0 Å². The van der Waals surface area contributed by atoms with Crippen LogP contribution in [0.3, 0.4) is 0 Å². The van der Waals surface area contributed by atoms with Crippen molar-refractivity contribution in [1.29, 1.82) is 0 Å². The predicted molar refractivity (Wildman–Crippen MR) is 158 cm³/mol. The molecule has 0 bridgehead atoms. The number of aliphatic hydroxyl groups excluding tert-OH is 1. The van der Waals surface area contributed by atoms with E-state index in [4.69, 9.17) is 4.74 Å². The standard InChI is InChI=1S/C31H31F2IN2O3/c1-19(22-6-7-24-15-28(39-2)9-8-23(24)14-22)31(38)36-29(13-21-10-25(32)16-26(33)11-21)30(37)18-35-17-20-4-3-5-27(34)12-20/h3-12,14-16,19,29-30,35,37H,13,17-18H2,1-2H3,(H,36,38)/t19-,29+,30-/m1/s1. The Morgan fingerprint density at radius 2 is 1.67 bits per heavy atom. The Morgan fingerprint density at radius 1 is 0.949 bits per heavy atom. The van der Waals surface area contributed by atoms with E-state index in [-0.39, 0.29) is 18.9 Å². The number of amides is 1. The van der Waals surface area contributed by atoms with Gasteiger partial charge in [0.25, 0.3) is 0 Å². The van der Waals surface area contributed by atoms with Crippen LogP contribution >= 0.6 is 22.6 Å². The van der Waals surface area contributed by atoms with Crippen molar-refractivity contribution in [1.82, 2.24) is 10.6 Å². The first-order chi connectivity index (χ1) is 18.7. The molecule has 5 nitrogen and oxygen atoms in total. The van der Waals surface area contributed by atoms with E-state index in [0.29, 0.717) is 12.1 Å². The fraction of sp³-hybridized carbons (Fsp3) is 0.258. The van der Waals surface area contributed by atoms with Crippen LogP contribution in [0.4, 0.5) is 8.78 Å². The first kappa shape index (κ1) is 28.9. The summed E-state index contributed by atoms with van der Waals surface area (Å²) in [4.78, 5) is 13.3. The summed E-state index contributed by atoms with van der Waals surface area (Å²) >= 11 is 2.24. The van der Waals surface area contributed by atoms with Gasteiger partial charge in [0.2, 0.25) is 5.91 Å². The van der Waals surface area contributed by atoms with E-state index >= 15 is 0 Å². The molecular weight excluding hydrogens is 613 g/mol. The van der Waals surface area contributed by atoms with Gasteiger partial charge in [-0.3, -0.25) is 4.79 Å². The third kappa shape index (κ3) is 7.97. The Kier molecular flexibility index (Phi) is 9.88. The van der Waals surface area contributed by atoms with Crippen LogP contribution in [0.1, 0.15) is 29.5 Å². The quantitative estimate of drug-likeness (QED) is 0.183. The maximum atomic E-state index is 13.9. The Hall–Kier alpha value is -3.08. The molecule has 0 radical (unpaired) electrons. The second-order valence-electron chi connectivity index (χ2n) is 9.62. The SMILES string of the molecule is COc1ccc2cc([C@@H](C)C(=O)N[C@@H](Cc3cc(F)cc(F)c3)[C@H](O)CNCc3cccc(I)c3)ccc2c1. The zero-order valence-corrected chi connectivity index (χ0v) is 23.9. The fourth-order valence-electron chi connectivity index (χ4n) is 4.52. The highest BCUT2D eigenvalue weighted by atomic mass is 127. The summed E-state index contributed by atoms with van der Waals surface area (Å²) in [6.07, 6.45) is -0.934. The lowest BCUT2D eigenvalue weighted by Gasteiger charge is -2.26. The number of rotatable bonds is 11. The van der Waals surface area contributed by atoms with Crippen molar-refractivity contribution < 1.29 is 23.4 Å². The van der Waals surface area contributed by atoms with Gasteiger partial charge in [0.1, 0.15) is 17.4 Å². The van der Waals surface area contributed by atoms with E-state index in [9.17, 15) is 18.7 Å². The molecule has 39 heavy (non-hydrogen) atoms. The van der Waals surface area contributed by atoms with E-state index in [1.807, 2.05) is 60.7 Å². The summed E-state index contributed by atoms with van der Waals surface area (Å²) in [6.45, 7) is 2.50. The van der Waals surface area contributed by atoms with Crippen molar-refractivity contribution in [2.45, 2.75) is 38.0 Å². The van der Waals surface area contributed by atoms with Crippen molar-refractivity contribution in [3.63, 3.8) is 0 Å². The number of hydrogen-bond acceptors (Lipinski definition) is 4. The molecule has 0 unspecified atom stereocenters. The van der Waals surface area contributed by atoms with Gasteiger partial charge >= 0.3 is 0 Å². The van der Waals surface area contributed by atoms with Gasteiger partial charge in [-0.25, -0.2) is 8.78 Å². The maximum Gasteiger partial charge on any atom is 0.227 e. The molecule has 0 aliphatic heterocycles. The minimum atomic E-state index is -1.00. The van der Waals surface area contributed by atoms with Gasteiger partial charge in [0.15, 0.2) is 0 Å². The van der Waals surface area contributed by atoms with Crippen LogP contribution in [0.5, 0.6) is 5.75 Å². The number of methoxy groups -OCH3 is 1. The van der Waals surface area contributed by atoms with Gasteiger partial charge in [-0.2, -0.15) is 0 Å². The largest absolute Gasteiger partial charge is 0.497 e.